The molecule has 0 bridgehead atoms. The molecule has 0 fully saturated rings. The lowest BCUT2D eigenvalue weighted by molar-refractivity contribution is -0.142. The van der Waals surface area contributed by atoms with Crippen molar-refractivity contribution in [2.75, 3.05) is 13.7 Å². The second-order valence-electron chi connectivity index (χ2n) is 9.14. The van der Waals surface area contributed by atoms with Crippen molar-refractivity contribution < 1.29 is 19.1 Å². The summed E-state index contributed by atoms with van der Waals surface area (Å²) in [6.45, 7) is 0.205. The molecule has 4 rings (SSSR count). The molecule has 0 heterocycles. The SMILES string of the molecule is COc1ccc(CNC(=O)[C@H](Cc2ccccc2)N(Cc2ccc(Cl)cc2)C(=O)COc2ccccc2Cl)cc1. The summed E-state index contributed by atoms with van der Waals surface area (Å²) in [4.78, 5) is 29.0. The van der Waals surface area contributed by atoms with Crippen LogP contribution in [0.1, 0.15) is 16.7 Å². The summed E-state index contributed by atoms with van der Waals surface area (Å²) in [5.41, 5.74) is 2.66. The van der Waals surface area contributed by atoms with Crippen molar-refractivity contribution in [1.29, 1.82) is 0 Å². The van der Waals surface area contributed by atoms with Crippen molar-refractivity contribution in [1.82, 2.24) is 10.2 Å². The van der Waals surface area contributed by atoms with Crippen molar-refractivity contribution in [3.63, 3.8) is 0 Å². The van der Waals surface area contributed by atoms with Gasteiger partial charge in [-0.15, -0.1) is 0 Å². The van der Waals surface area contributed by atoms with Crippen LogP contribution in [0.2, 0.25) is 10.0 Å². The molecule has 0 radical (unpaired) electrons. The lowest BCUT2D eigenvalue weighted by atomic mass is 10.0. The second-order valence-corrected chi connectivity index (χ2v) is 9.98. The van der Waals surface area contributed by atoms with Gasteiger partial charge in [-0.3, -0.25) is 9.59 Å². The smallest absolute Gasteiger partial charge is 0.261 e. The summed E-state index contributed by atoms with van der Waals surface area (Å²) >= 11 is 12.3. The first-order valence-corrected chi connectivity index (χ1v) is 13.5. The van der Waals surface area contributed by atoms with Crippen molar-refractivity contribution >= 4 is 35.0 Å². The largest absolute Gasteiger partial charge is 0.497 e. The highest BCUT2D eigenvalue weighted by molar-refractivity contribution is 6.32. The molecule has 40 heavy (non-hydrogen) atoms. The van der Waals surface area contributed by atoms with Crippen LogP contribution in [0.15, 0.2) is 103 Å². The fourth-order valence-electron chi connectivity index (χ4n) is 4.18. The number of amides is 2. The quantitative estimate of drug-likeness (QED) is 0.214. The fourth-order valence-corrected chi connectivity index (χ4v) is 4.49. The molecule has 0 saturated carbocycles. The van der Waals surface area contributed by atoms with Gasteiger partial charge in [0.25, 0.3) is 5.91 Å². The van der Waals surface area contributed by atoms with Gasteiger partial charge in [-0.1, -0.05) is 89.9 Å². The Bertz CT molecular complexity index is 1400. The minimum Gasteiger partial charge on any atom is -0.497 e. The number of nitrogens with one attached hydrogen (secondary N) is 1. The highest BCUT2D eigenvalue weighted by Gasteiger charge is 2.30. The summed E-state index contributed by atoms with van der Waals surface area (Å²) in [6.07, 6.45) is 0.320. The Morgan fingerprint density at radius 2 is 1.45 bits per heavy atom. The first kappa shape index (κ1) is 29.0. The Morgan fingerprint density at radius 1 is 0.800 bits per heavy atom. The van der Waals surface area contributed by atoms with E-state index < -0.39 is 6.04 Å². The number of nitrogens with zero attached hydrogens (tertiary/aromatic N) is 1. The Balaban J connectivity index is 1.60. The van der Waals surface area contributed by atoms with E-state index in [1.807, 2.05) is 66.7 Å². The van der Waals surface area contributed by atoms with Crippen LogP contribution in [0.25, 0.3) is 0 Å². The summed E-state index contributed by atoms with van der Waals surface area (Å²) in [7, 11) is 1.60. The van der Waals surface area contributed by atoms with Crippen LogP contribution in [0.5, 0.6) is 11.5 Å². The van der Waals surface area contributed by atoms with Crippen molar-refractivity contribution in [3.8, 4) is 11.5 Å². The van der Waals surface area contributed by atoms with Crippen LogP contribution in [0, 0.1) is 0 Å². The second kappa shape index (κ2) is 14.4. The van der Waals surface area contributed by atoms with E-state index >= 15 is 0 Å². The number of para-hydroxylation sites is 1. The van der Waals surface area contributed by atoms with Crippen LogP contribution in [-0.2, 0) is 29.1 Å². The number of hydrogen-bond acceptors (Lipinski definition) is 4. The van der Waals surface area contributed by atoms with Crippen LogP contribution in [-0.4, -0.2) is 36.5 Å². The molecule has 0 unspecified atom stereocenters. The first-order valence-electron chi connectivity index (χ1n) is 12.8. The molecular weight excluding hydrogens is 547 g/mol. The number of rotatable bonds is 12. The molecule has 206 valence electrons. The topological polar surface area (TPSA) is 67.9 Å². The Morgan fingerprint density at radius 3 is 2.12 bits per heavy atom. The van der Waals surface area contributed by atoms with E-state index in [2.05, 4.69) is 5.32 Å². The maximum Gasteiger partial charge on any atom is 0.261 e. The van der Waals surface area contributed by atoms with Gasteiger partial charge < -0.3 is 19.7 Å². The number of carbonyl (C=O) groups excluding carboxylic acids is 2. The molecule has 4 aromatic carbocycles. The van der Waals surface area contributed by atoms with E-state index in [9.17, 15) is 9.59 Å². The van der Waals surface area contributed by atoms with Gasteiger partial charge in [0.05, 0.1) is 12.1 Å². The number of halogens is 2. The van der Waals surface area contributed by atoms with Gasteiger partial charge in [-0.2, -0.15) is 0 Å². The zero-order chi connectivity index (χ0) is 28.3. The number of hydrogen-bond donors (Lipinski definition) is 1. The van der Waals surface area contributed by atoms with Crippen molar-refractivity contribution in [2.45, 2.75) is 25.6 Å². The summed E-state index contributed by atoms with van der Waals surface area (Å²) in [6, 6.07) is 30.4. The highest BCUT2D eigenvalue weighted by atomic mass is 35.5. The third-order valence-corrected chi connectivity index (χ3v) is 6.92. The molecule has 8 heteroatoms. The average Bonchev–Trinajstić information content (AvgIpc) is 2.99. The molecule has 4 aromatic rings. The zero-order valence-electron chi connectivity index (χ0n) is 22.1. The molecular formula is C32H30Cl2N2O4. The Labute approximate surface area is 244 Å². The van der Waals surface area contributed by atoms with E-state index in [0.717, 1.165) is 22.4 Å². The molecule has 1 N–H and O–H groups in total. The molecule has 2 amide bonds. The van der Waals surface area contributed by atoms with E-state index in [1.165, 1.54) is 0 Å². The first-order chi connectivity index (χ1) is 19.4. The Kier molecular flexibility index (Phi) is 10.4. The predicted molar refractivity (Wildman–Crippen MR) is 158 cm³/mol. The molecule has 0 aromatic heterocycles. The van der Waals surface area contributed by atoms with Crippen molar-refractivity contribution in [2.24, 2.45) is 0 Å². The molecule has 0 aliphatic heterocycles. The molecule has 0 spiro atoms. The molecule has 1 atom stereocenters. The van der Waals surface area contributed by atoms with Gasteiger partial charge in [-0.05, 0) is 53.1 Å². The lowest BCUT2D eigenvalue weighted by Gasteiger charge is -2.31. The van der Waals surface area contributed by atoms with Crippen LogP contribution in [0.3, 0.4) is 0 Å². The summed E-state index contributed by atoms with van der Waals surface area (Å²) in [5, 5.41) is 4.00. The highest BCUT2D eigenvalue weighted by Crippen LogP contribution is 2.24. The number of carbonyl (C=O) groups is 2. The fraction of sp³-hybridized carbons (Fsp3) is 0.188. The van der Waals surface area contributed by atoms with E-state index in [0.29, 0.717) is 28.8 Å². The maximum absolute atomic E-state index is 13.7. The number of benzene rings is 4. The number of methoxy groups -OCH3 is 1. The lowest BCUT2D eigenvalue weighted by Crippen LogP contribution is -2.51. The molecule has 0 saturated heterocycles. The normalized spacial score (nSPS) is 11.4. The standard InChI is InChI=1S/C32H30Cl2N2O4/c1-39-27-17-13-24(14-18-27)20-35-32(38)29(19-23-7-3-2-4-8-23)36(21-25-11-15-26(33)16-12-25)31(37)22-40-30-10-6-5-9-28(30)34/h2-18,29H,19-22H2,1H3,(H,35,38)/t29-/m0/s1. The third-order valence-electron chi connectivity index (χ3n) is 6.35. The monoisotopic (exact) mass is 576 g/mol. The van der Waals surface area contributed by atoms with Gasteiger partial charge in [0.15, 0.2) is 6.61 Å². The summed E-state index contributed by atoms with van der Waals surface area (Å²) < 4.78 is 11.0. The van der Waals surface area contributed by atoms with Gasteiger partial charge in [0, 0.05) is 24.5 Å². The summed E-state index contributed by atoms with van der Waals surface area (Å²) in [5.74, 6) is 0.498. The van der Waals surface area contributed by atoms with Gasteiger partial charge >= 0.3 is 0 Å². The molecule has 0 aliphatic carbocycles. The average molecular weight is 578 g/mol. The Hall–Kier alpha value is -4.00. The van der Waals surface area contributed by atoms with Crippen LogP contribution in [0.4, 0.5) is 0 Å². The van der Waals surface area contributed by atoms with Crippen LogP contribution >= 0.6 is 23.2 Å². The van der Waals surface area contributed by atoms with Gasteiger partial charge in [0.2, 0.25) is 5.91 Å². The number of ether oxygens (including phenoxy) is 2. The third kappa shape index (κ3) is 8.25. The minimum atomic E-state index is -0.807. The molecule has 6 nitrogen and oxygen atoms in total. The van der Waals surface area contributed by atoms with Crippen molar-refractivity contribution in [3.05, 3.63) is 130 Å². The van der Waals surface area contributed by atoms with Crippen LogP contribution < -0.4 is 14.8 Å². The predicted octanol–water partition coefficient (Wildman–Crippen LogP) is 6.34. The van der Waals surface area contributed by atoms with E-state index in [1.54, 1.807) is 48.4 Å². The zero-order valence-corrected chi connectivity index (χ0v) is 23.6. The maximum atomic E-state index is 13.7. The van der Waals surface area contributed by atoms with E-state index in [-0.39, 0.29) is 25.0 Å². The molecule has 0 aliphatic rings. The van der Waals surface area contributed by atoms with E-state index in [4.69, 9.17) is 32.7 Å². The van der Waals surface area contributed by atoms with Gasteiger partial charge in [0.1, 0.15) is 17.5 Å². The van der Waals surface area contributed by atoms with Gasteiger partial charge in [-0.25, -0.2) is 0 Å². The minimum absolute atomic E-state index is 0.190.